The van der Waals surface area contributed by atoms with E-state index >= 15 is 0 Å². The topological polar surface area (TPSA) is 82.8 Å². The van der Waals surface area contributed by atoms with Gasteiger partial charge in [-0.2, -0.15) is 5.26 Å². The van der Waals surface area contributed by atoms with Gasteiger partial charge in [0.05, 0.1) is 6.54 Å². The maximum Gasteiger partial charge on any atom is 0.251 e. The van der Waals surface area contributed by atoms with E-state index in [0.717, 1.165) is 6.07 Å². The highest BCUT2D eigenvalue weighted by atomic mass is 32.2. The zero-order valence-corrected chi connectivity index (χ0v) is 8.71. The van der Waals surface area contributed by atoms with Crippen LogP contribution in [-0.4, -0.2) is 26.4 Å². The van der Waals surface area contributed by atoms with Gasteiger partial charge in [-0.1, -0.05) is 0 Å². The monoisotopic (exact) mass is 247 g/mol. The summed E-state index contributed by atoms with van der Waals surface area (Å²) >= 11 is 0. The number of rotatable bonds is 4. The molecular formula is C8H7F2N3O2S. The normalized spacial score (nSPS) is 11.4. The minimum absolute atomic E-state index is 0.329. The van der Waals surface area contributed by atoms with Gasteiger partial charge < -0.3 is 0 Å². The fourth-order valence-corrected chi connectivity index (χ4v) is 2.05. The molecule has 0 radical (unpaired) electrons. The number of halogens is 2. The number of alkyl halides is 2. The molecule has 1 N–H and O–H groups in total. The average molecular weight is 247 g/mol. The van der Waals surface area contributed by atoms with Gasteiger partial charge in [0.2, 0.25) is 10.0 Å². The number of sulfonamides is 1. The van der Waals surface area contributed by atoms with E-state index in [1.165, 1.54) is 12.3 Å². The molecule has 0 saturated carbocycles. The fourth-order valence-electron chi connectivity index (χ4n) is 0.942. The lowest BCUT2D eigenvalue weighted by molar-refractivity contribution is 0.153. The average Bonchev–Trinajstić information content (AvgIpc) is 2.26. The van der Waals surface area contributed by atoms with Crippen LogP contribution in [0, 0.1) is 11.3 Å². The van der Waals surface area contributed by atoms with E-state index in [1.807, 2.05) is 0 Å². The Morgan fingerprint density at radius 3 is 2.81 bits per heavy atom. The molecule has 0 aliphatic heterocycles. The highest BCUT2D eigenvalue weighted by Gasteiger charge is 2.20. The summed E-state index contributed by atoms with van der Waals surface area (Å²) in [5.41, 5.74) is -0.329. The van der Waals surface area contributed by atoms with Crippen molar-refractivity contribution >= 4 is 10.0 Å². The highest BCUT2D eigenvalue weighted by Crippen LogP contribution is 2.11. The third kappa shape index (κ3) is 2.95. The number of aromatic nitrogens is 1. The standard InChI is InChI=1S/C8H7F2N3O2S/c9-8(10)5-13-16(14,15)7-2-1-3-12-6(7)4-11/h1-3,8,13H,5H2. The Hall–Kier alpha value is -1.59. The summed E-state index contributed by atoms with van der Waals surface area (Å²) in [5, 5.41) is 8.61. The van der Waals surface area contributed by atoms with Crippen LogP contribution in [0.2, 0.25) is 0 Å². The summed E-state index contributed by atoms with van der Waals surface area (Å²) in [7, 11) is -4.11. The zero-order chi connectivity index (χ0) is 12.2. The van der Waals surface area contributed by atoms with E-state index in [-0.39, 0.29) is 5.69 Å². The second-order valence-electron chi connectivity index (χ2n) is 2.70. The second-order valence-corrected chi connectivity index (χ2v) is 4.44. The van der Waals surface area contributed by atoms with E-state index in [1.54, 1.807) is 10.8 Å². The molecule has 0 amide bonds. The molecule has 0 aromatic carbocycles. The van der Waals surface area contributed by atoms with Crippen molar-refractivity contribution in [2.75, 3.05) is 6.54 Å². The first-order chi connectivity index (χ1) is 7.47. The predicted molar refractivity (Wildman–Crippen MR) is 50.1 cm³/mol. The summed E-state index contributed by atoms with van der Waals surface area (Å²) in [6.45, 7) is -0.998. The van der Waals surface area contributed by atoms with Crippen molar-refractivity contribution in [3.05, 3.63) is 24.0 Å². The van der Waals surface area contributed by atoms with Crippen LogP contribution in [0.1, 0.15) is 5.69 Å². The molecule has 1 aromatic heterocycles. The van der Waals surface area contributed by atoms with Crippen LogP contribution < -0.4 is 4.72 Å². The molecule has 86 valence electrons. The molecule has 0 aliphatic rings. The number of hydrogen-bond donors (Lipinski definition) is 1. The van der Waals surface area contributed by atoms with Gasteiger partial charge in [-0.15, -0.1) is 0 Å². The van der Waals surface area contributed by atoms with E-state index in [4.69, 9.17) is 5.26 Å². The predicted octanol–water partition coefficient (Wildman–Crippen LogP) is 0.497. The van der Waals surface area contributed by atoms with Crippen LogP contribution in [0.15, 0.2) is 23.2 Å². The van der Waals surface area contributed by atoms with Gasteiger partial charge in [0, 0.05) is 6.20 Å². The Morgan fingerprint density at radius 1 is 1.56 bits per heavy atom. The number of nitriles is 1. The summed E-state index contributed by atoms with van der Waals surface area (Å²) in [4.78, 5) is 3.12. The van der Waals surface area contributed by atoms with Crippen molar-refractivity contribution in [1.82, 2.24) is 9.71 Å². The maximum absolute atomic E-state index is 11.9. The largest absolute Gasteiger partial charge is 0.251 e. The van der Waals surface area contributed by atoms with Crippen LogP contribution in [0.25, 0.3) is 0 Å². The lowest BCUT2D eigenvalue weighted by atomic mass is 10.4. The Kier molecular flexibility index (Phi) is 3.87. The molecule has 0 atom stereocenters. The minimum Gasteiger partial charge on any atom is -0.244 e. The molecule has 8 heteroatoms. The van der Waals surface area contributed by atoms with Crippen molar-refractivity contribution < 1.29 is 17.2 Å². The van der Waals surface area contributed by atoms with Crippen LogP contribution in [0.3, 0.4) is 0 Å². The van der Waals surface area contributed by atoms with E-state index in [9.17, 15) is 17.2 Å². The highest BCUT2D eigenvalue weighted by molar-refractivity contribution is 7.89. The van der Waals surface area contributed by atoms with Gasteiger partial charge in [-0.05, 0) is 12.1 Å². The molecule has 0 saturated heterocycles. The molecular weight excluding hydrogens is 240 g/mol. The molecule has 0 spiro atoms. The van der Waals surface area contributed by atoms with Gasteiger partial charge >= 0.3 is 0 Å². The Balaban J connectivity index is 3.04. The zero-order valence-electron chi connectivity index (χ0n) is 7.89. The number of pyridine rings is 1. The third-order valence-electron chi connectivity index (χ3n) is 1.59. The van der Waals surface area contributed by atoms with E-state index < -0.39 is 27.9 Å². The summed E-state index contributed by atoms with van der Waals surface area (Å²) in [5.74, 6) is 0. The number of hydrogen-bond acceptors (Lipinski definition) is 4. The van der Waals surface area contributed by atoms with Crippen LogP contribution in [0.5, 0.6) is 0 Å². The fraction of sp³-hybridized carbons (Fsp3) is 0.250. The first-order valence-electron chi connectivity index (χ1n) is 4.10. The molecule has 1 aromatic rings. The van der Waals surface area contributed by atoms with Crippen LogP contribution in [-0.2, 0) is 10.0 Å². The van der Waals surface area contributed by atoms with Gasteiger partial charge in [-0.25, -0.2) is 26.9 Å². The lowest BCUT2D eigenvalue weighted by Crippen LogP contribution is -2.29. The number of nitrogens with one attached hydrogen (secondary N) is 1. The van der Waals surface area contributed by atoms with Gasteiger partial charge in [0.1, 0.15) is 11.0 Å². The first kappa shape index (κ1) is 12.5. The van der Waals surface area contributed by atoms with Gasteiger partial charge in [0.15, 0.2) is 5.69 Å². The molecule has 16 heavy (non-hydrogen) atoms. The Labute approximate surface area is 90.8 Å². The van der Waals surface area contributed by atoms with E-state index in [2.05, 4.69) is 4.98 Å². The summed E-state index contributed by atoms with van der Waals surface area (Å²) in [6.07, 6.45) is -1.55. The second kappa shape index (κ2) is 4.96. The quantitative estimate of drug-likeness (QED) is 0.839. The molecule has 0 bridgehead atoms. The van der Waals surface area contributed by atoms with Crippen molar-refractivity contribution in [2.45, 2.75) is 11.3 Å². The smallest absolute Gasteiger partial charge is 0.244 e. The Bertz CT molecular complexity index is 510. The number of nitrogens with zero attached hydrogens (tertiary/aromatic N) is 2. The lowest BCUT2D eigenvalue weighted by Gasteiger charge is -2.06. The maximum atomic E-state index is 11.9. The molecule has 1 rings (SSSR count). The first-order valence-corrected chi connectivity index (χ1v) is 5.58. The van der Waals surface area contributed by atoms with E-state index in [0.29, 0.717) is 0 Å². The molecule has 1 heterocycles. The van der Waals surface area contributed by atoms with Crippen molar-refractivity contribution in [1.29, 1.82) is 5.26 Å². The summed E-state index contributed by atoms with van der Waals surface area (Å²) < 4.78 is 48.4. The van der Waals surface area contributed by atoms with Crippen molar-refractivity contribution in [2.24, 2.45) is 0 Å². The van der Waals surface area contributed by atoms with Crippen molar-refractivity contribution in [3.8, 4) is 6.07 Å². The van der Waals surface area contributed by atoms with Crippen LogP contribution >= 0.6 is 0 Å². The van der Waals surface area contributed by atoms with Gasteiger partial charge in [-0.3, -0.25) is 0 Å². The third-order valence-corrected chi connectivity index (χ3v) is 3.05. The summed E-state index contributed by atoms with van der Waals surface area (Å²) in [6, 6.07) is 4.00. The molecule has 0 fully saturated rings. The van der Waals surface area contributed by atoms with Gasteiger partial charge in [0.25, 0.3) is 6.43 Å². The minimum atomic E-state index is -4.11. The van der Waals surface area contributed by atoms with Crippen LogP contribution in [0.4, 0.5) is 8.78 Å². The molecule has 5 nitrogen and oxygen atoms in total. The molecule has 0 aliphatic carbocycles. The SMILES string of the molecule is N#Cc1ncccc1S(=O)(=O)NCC(F)F. The Morgan fingerprint density at radius 2 is 2.25 bits per heavy atom. The molecule has 0 unspecified atom stereocenters. The van der Waals surface area contributed by atoms with Crippen molar-refractivity contribution in [3.63, 3.8) is 0 Å².